The predicted molar refractivity (Wildman–Crippen MR) is 138 cm³/mol. The second kappa shape index (κ2) is 10.2. The van der Waals surface area contributed by atoms with Crippen LogP contribution in [0, 0.1) is 11.7 Å². The molecule has 2 aromatic carbocycles. The zero-order valence-corrected chi connectivity index (χ0v) is 22.4. The number of imide groups is 1. The van der Waals surface area contributed by atoms with Crippen LogP contribution in [0.15, 0.2) is 54.9 Å². The van der Waals surface area contributed by atoms with Gasteiger partial charge in [-0.3, -0.25) is 14.3 Å². The third-order valence-corrected chi connectivity index (χ3v) is 7.83. The molecule has 1 aliphatic carbocycles. The van der Waals surface area contributed by atoms with Gasteiger partial charge in [-0.2, -0.15) is 18.3 Å². The number of hydrogen-bond acceptors (Lipinski definition) is 6. The largest absolute Gasteiger partial charge is 0.425 e. The van der Waals surface area contributed by atoms with Crippen LogP contribution in [0.5, 0.6) is 0 Å². The van der Waals surface area contributed by atoms with Crippen LogP contribution >= 0.6 is 0 Å². The van der Waals surface area contributed by atoms with Crippen LogP contribution in [0.25, 0.3) is 11.1 Å². The number of aryl methyl sites for hydroxylation is 1. The first-order valence-electron chi connectivity index (χ1n) is 13.3. The lowest BCUT2D eigenvalue weighted by Gasteiger charge is -2.34. The minimum Gasteiger partial charge on any atom is -0.425 e. The van der Waals surface area contributed by atoms with Gasteiger partial charge in [-0.1, -0.05) is 24.3 Å². The Morgan fingerprint density at radius 1 is 1.14 bits per heavy atom. The van der Waals surface area contributed by atoms with Crippen LogP contribution in [-0.4, -0.2) is 62.9 Å². The highest BCUT2D eigenvalue weighted by molar-refractivity contribution is 6.06. The van der Waals surface area contributed by atoms with Gasteiger partial charge in [-0.25, -0.2) is 14.1 Å². The molecule has 42 heavy (non-hydrogen) atoms. The molecular formula is C29H26F4N4O5. The number of hydrogen-bond donors (Lipinski definition) is 0. The van der Waals surface area contributed by atoms with Crippen molar-refractivity contribution in [3.8, 4) is 11.1 Å². The quantitative estimate of drug-likeness (QED) is 0.384. The van der Waals surface area contributed by atoms with Crippen molar-refractivity contribution in [1.29, 1.82) is 0 Å². The van der Waals surface area contributed by atoms with E-state index >= 15 is 0 Å². The molecule has 220 valence electrons. The summed E-state index contributed by atoms with van der Waals surface area (Å²) in [5.74, 6) is -3.37. The van der Waals surface area contributed by atoms with E-state index in [0.29, 0.717) is 20.9 Å². The van der Waals surface area contributed by atoms with Crippen molar-refractivity contribution in [3.05, 3.63) is 77.4 Å². The highest BCUT2D eigenvalue weighted by atomic mass is 19.4. The topological polar surface area (TPSA) is 94.0 Å². The summed E-state index contributed by atoms with van der Waals surface area (Å²) < 4.78 is 68.9. The molecule has 3 heterocycles. The first-order valence-corrected chi connectivity index (χ1v) is 13.3. The van der Waals surface area contributed by atoms with Crippen molar-refractivity contribution in [1.82, 2.24) is 19.6 Å². The lowest BCUT2D eigenvalue weighted by Crippen LogP contribution is -2.53. The molecule has 3 amide bonds. The number of alkyl halides is 3. The van der Waals surface area contributed by atoms with Crippen LogP contribution in [0.3, 0.4) is 0 Å². The van der Waals surface area contributed by atoms with Crippen molar-refractivity contribution in [2.75, 3.05) is 13.2 Å². The normalized spacial score (nSPS) is 20.9. The third-order valence-electron chi connectivity index (χ3n) is 7.83. The Kier molecular flexibility index (Phi) is 6.79. The second-order valence-electron chi connectivity index (χ2n) is 10.8. The average Bonchev–Trinajstić information content (AvgIpc) is 3.63. The Morgan fingerprint density at radius 3 is 2.52 bits per heavy atom. The van der Waals surface area contributed by atoms with Gasteiger partial charge in [-0.15, -0.1) is 0 Å². The van der Waals surface area contributed by atoms with E-state index in [4.69, 9.17) is 9.47 Å². The van der Waals surface area contributed by atoms with Gasteiger partial charge in [0, 0.05) is 30.9 Å². The Bertz CT molecular complexity index is 1550. The van der Waals surface area contributed by atoms with E-state index in [-0.39, 0.29) is 31.6 Å². The molecule has 2 atom stereocenters. The third kappa shape index (κ3) is 5.02. The van der Waals surface area contributed by atoms with Crippen molar-refractivity contribution in [2.45, 2.75) is 43.8 Å². The molecule has 1 unspecified atom stereocenters. The first kappa shape index (κ1) is 27.9. The summed E-state index contributed by atoms with van der Waals surface area (Å²) in [6.07, 6.45) is -1.87. The van der Waals surface area contributed by atoms with E-state index < -0.39 is 60.6 Å². The van der Waals surface area contributed by atoms with Gasteiger partial charge in [0.2, 0.25) is 11.5 Å². The van der Waals surface area contributed by atoms with Crippen LogP contribution in [0.1, 0.15) is 29.5 Å². The van der Waals surface area contributed by atoms with E-state index in [1.165, 1.54) is 12.1 Å². The molecule has 9 nitrogen and oxygen atoms in total. The van der Waals surface area contributed by atoms with Crippen LogP contribution < -0.4 is 0 Å². The summed E-state index contributed by atoms with van der Waals surface area (Å²) in [7, 11) is 1.77. The molecule has 13 heteroatoms. The van der Waals surface area contributed by atoms with E-state index in [9.17, 15) is 31.9 Å². The van der Waals surface area contributed by atoms with Crippen LogP contribution in [0.2, 0.25) is 0 Å². The van der Waals surface area contributed by atoms with Gasteiger partial charge in [0.1, 0.15) is 25.0 Å². The number of carbonyl (C=O) groups is 3. The van der Waals surface area contributed by atoms with Crippen molar-refractivity contribution in [3.63, 3.8) is 0 Å². The zero-order chi connectivity index (χ0) is 29.8. The first-order chi connectivity index (χ1) is 20.0. The highest BCUT2D eigenvalue weighted by Crippen LogP contribution is 2.45. The van der Waals surface area contributed by atoms with Crippen LogP contribution in [0.4, 0.5) is 22.4 Å². The molecule has 0 radical (unpaired) electrons. The van der Waals surface area contributed by atoms with Crippen molar-refractivity contribution >= 4 is 17.9 Å². The Labute approximate surface area is 237 Å². The van der Waals surface area contributed by atoms with Gasteiger partial charge in [-0.05, 0) is 53.6 Å². The molecule has 6 rings (SSSR count). The maximum atomic E-state index is 14.2. The molecule has 0 bridgehead atoms. The number of ether oxygens (including phenoxy) is 2. The Morgan fingerprint density at radius 2 is 1.88 bits per heavy atom. The molecule has 3 aromatic rings. The fraction of sp³-hybridized carbons (Fsp3) is 0.379. The van der Waals surface area contributed by atoms with Gasteiger partial charge >= 0.3 is 12.3 Å². The molecule has 1 saturated heterocycles. The second-order valence-corrected chi connectivity index (χ2v) is 10.8. The standard InChI is InChI=1S/C29H26F4N4O5/c1-35-13-21(11-34-35)19-6-9-23-20(10-19)15-41-16-28(23)26(39)37(27(40)42-28)14-24(38)36(12-17-2-7-22(30)8-3-17)25(18-4-5-18)29(31,32)33/h2-3,6-11,13,18,25H,4-5,12,14-16H2,1H3/t25-,28?/m0/s1. The number of halogens is 4. The molecular weight excluding hydrogens is 560 g/mol. The zero-order valence-electron chi connectivity index (χ0n) is 22.4. The maximum Gasteiger partial charge on any atom is 0.418 e. The van der Waals surface area contributed by atoms with Crippen LogP contribution in [-0.2, 0) is 44.9 Å². The number of fused-ring (bicyclic) bond motifs is 2. The molecule has 0 N–H and O–H groups in total. The minimum atomic E-state index is -4.75. The summed E-state index contributed by atoms with van der Waals surface area (Å²) in [4.78, 5) is 41.4. The minimum absolute atomic E-state index is 0.134. The number of amides is 3. The molecule has 3 aliphatic rings. The summed E-state index contributed by atoms with van der Waals surface area (Å²) in [6.45, 7) is -1.61. The summed E-state index contributed by atoms with van der Waals surface area (Å²) >= 11 is 0. The van der Waals surface area contributed by atoms with Crippen molar-refractivity contribution in [2.24, 2.45) is 13.0 Å². The maximum absolute atomic E-state index is 14.2. The smallest absolute Gasteiger partial charge is 0.418 e. The molecule has 1 aromatic heterocycles. The van der Waals surface area contributed by atoms with Gasteiger partial charge < -0.3 is 14.4 Å². The van der Waals surface area contributed by atoms with E-state index in [1.54, 1.807) is 36.1 Å². The Balaban J connectivity index is 1.28. The molecule has 2 fully saturated rings. The fourth-order valence-corrected chi connectivity index (χ4v) is 5.65. The molecule has 1 spiro atoms. The van der Waals surface area contributed by atoms with E-state index in [2.05, 4.69) is 5.10 Å². The highest BCUT2D eigenvalue weighted by Gasteiger charge is 2.59. The lowest BCUT2D eigenvalue weighted by molar-refractivity contribution is -0.196. The lowest BCUT2D eigenvalue weighted by atomic mass is 9.86. The number of aromatic nitrogens is 2. The monoisotopic (exact) mass is 586 g/mol. The summed E-state index contributed by atoms with van der Waals surface area (Å²) in [6, 6.07) is 7.80. The Hall–Kier alpha value is -4.26. The predicted octanol–water partition coefficient (Wildman–Crippen LogP) is 4.30. The summed E-state index contributed by atoms with van der Waals surface area (Å²) in [5, 5.41) is 4.15. The average molecular weight is 587 g/mol. The van der Waals surface area contributed by atoms with E-state index in [1.807, 2.05) is 6.20 Å². The molecule has 2 aliphatic heterocycles. The van der Waals surface area contributed by atoms with Crippen molar-refractivity contribution < 1.29 is 41.4 Å². The molecule has 1 saturated carbocycles. The van der Waals surface area contributed by atoms with E-state index in [0.717, 1.165) is 23.3 Å². The number of nitrogens with zero attached hydrogens (tertiary/aromatic N) is 4. The summed E-state index contributed by atoms with van der Waals surface area (Å²) in [5.41, 5.74) is 0.967. The number of benzene rings is 2. The number of rotatable bonds is 7. The van der Waals surface area contributed by atoms with Gasteiger partial charge in [0.25, 0.3) is 5.91 Å². The van der Waals surface area contributed by atoms with Gasteiger partial charge in [0.15, 0.2) is 0 Å². The SMILES string of the molecule is Cn1cc(-c2ccc3c(c2)COCC32OC(=O)N(CC(=O)N(Cc3ccc(F)cc3)[C@@H](C3CC3)C(F)(F)F)C2=O)cn1. The fourth-order valence-electron chi connectivity index (χ4n) is 5.65. The number of carbonyl (C=O) groups excluding carboxylic acids is 3. The van der Waals surface area contributed by atoms with Gasteiger partial charge in [0.05, 0.1) is 12.8 Å².